The fourth-order valence-electron chi connectivity index (χ4n) is 0.284. The Morgan fingerprint density at radius 1 is 1.56 bits per heavy atom. The third kappa shape index (κ3) is 3.76. The van der Waals surface area contributed by atoms with Gasteiger partial charge < -0.3 is 5.43 Å². The van der Waals surface area contributed by atoms with Gasteiger partial charge in [-0.2, -0.15) is 5.10 Å². The summed E-state index contributed by atoms with van der Waals surface area (Å²) in [5, 5.41) is 3.87. The Balaban J connectivity index is 3.84. The van der Waals surface area contributed by atoms with Gasteiger partial charge >= 0.3 is 0 Å². The number of hydrogen-bond donors (Lipinski definition) is 1. The lowest BCUT2D eigenvalue weighted by Crippen LogP contribution is -2.10. The van der Waals surface area contributed by atoms with E-state index in [1.54, 1.807) is 7.05 Å². The fraction of sp³-hybridized carbons (Fsp3) is 0.571. The van der Waals surface area contributed by atoms with Crippen molar-refractivity contribution in [2.24, 2.45) is 10.5 Å². The van der Waals surface area contributed by atoms with Gasteiger partial charge in [0.15, 0.2) is 0 Å². The highest BCUT2D eigenvalue weighted by Crippen LogP contribution is 2.10. The van der Waals surface area contributed by atoms with Gasteiger partial charge in [-0.15, -0.1) is 6.58 Å². The van der Waals surface area contributed by atoms with E-state index in [1.165, 1.54) is 0 Å². The smallest absolute Gasteiger partial charge is 0.0336 e. The molecule has 1 N–H and O–H groups in total. The van der Waals surface area contributed by atoms with Crippen molar-refractivity contribution in [3.8, 4) is 0 Å². The molecule has 0 spiro atoms. The van der Waals surface area contributed by atoms with Crippen LogP contribution in [0.1, 0.15) is 13.8 Å². The minimum Gasteiger partial charge on any atom is -0.313 e. The van der Waals surface area contributed by atoms with Crippen LogP contribution in [0, 0.1) is 5.41 Å². The summed E-state index contributed by atoms with van der Waals surface area (Å²) in [5.74, 6) is 0. The predicted octanol–water partition coefficient (Wildman–Crippen LogP) is 1.40. The molecule has 0 rings (SSSR count). The minimum absolute atomic E-state index is 0.00299. The van der Waals surface area contributed by atoms with Crippen molar-refractivity contribution in [2.75, 3.05) is 7.05 Å². The molecule has 0 saturated heterocycles. The molecule has 0 bridgehead atoms. The number of allylic oxidation sites excluding steroid dienone is 1. The van der Waals surface area contributed by atoms with Gasteiger partial charge in [-0.05, 0) is 0 Å². The van der Waals surface area contributed by atoms with Crippen LogP contribution in [0.15, 0.2) is 17.8 Å². The van der Waals surface area contributed by atoms with Crippen LogP contribution in [0.25, 0.3) is 0 Å². The Morgan fingerprint density at radius 3 is 2.44 bits per heavy atom. The van der Waals surface area contributed by atoms with Gasteiger partial charge in [0.2, 0.25) is 0 Å². The molecule has 9 heavy (non-hydrogen) atoms. The van der Waals surface area contributed by atoms with E-state index in [0.717, 1.165) is 0 Å². The van der Waals surface area contributed by atoms with Gasteiger partial charge in [0.05, 0.1) is 0 Å². The molecule has 0 amide bonds. The summed E-state index contributed by atoms with van der Waals surface area (Å²) in [6, 6.07) is 0. The number of nitrogens with one attached hydrogen (secondary N) is 1. The van der Waals surface area contributed by atoms with Crippen molar-refractivity contribution >= 4 is 6.21 Å². The molecule has 0 aromatic heterocycles. The van der Waals surface area contributed by atoms with Gasteiger partial charge in [0, 0.05) is 18.7 Å². The zero-order valence-electron chi connectivity index (χ0n) is 6.31. The number of hydrogen-bond acceptors (Lipinski definition) is 2. The van der Waals surface area contributed by atoms with Crippen molar-refractivity contribution < 1.29 is 0 Å². The Kier molecular flexibility index (Phi) is 2.99. The van der Waals surface area contributed by atoms with Crippen LogP contribution in [-0.2, 0) is 0 Å². The number of nitrogens with zero attached hydrogens (tertiary/aromatic N) is 1. The first kappa shape index (κ1) is 8.21. The van der Waals surface area contributed by atoms with Gasteiger partial charge in [0.1, 0.15) is 0 Å². The highest BCUT2D eigenvalue weighted by atomic mass is 15.3. The van der Waals surface area contributed by atoms with Crippen LogP contribution in [0.2, 0.25) is 0 Å². The van der Waals surface area contributed by atoms with Crippen molar-refractivity contribution in [1.82, 2.24) is 5.43 Å². The number of hydrazone groups is 1. The molecule has 0 atom stereocenters. The van der Waals surface area contributed by atoms with E-state index in [1.807, 2.05) is 26.1 Å². The molecule has 0 heterocycles. The van der Waals surface area contributed by atoms with Gasteiger partial charge in [-0.3, -0.25) is 0 Å². The van der Waals surface area contributed by atoms with Crippen molar-refractivity contribution in [3.05, 3.63) is 12.7 Å². The lowest BCUT2D eigenvalue weighted by atomic mass is 9.96. The highest BCUT2D eigenvalue weighted by molar-refractivity contribution is 5.66. The van der Waals surface area contributed by atoms with E-state index >= 15 is 0 Å². The first-order valence-corrected chi connectivity index (χ1v) is 2.97. The molecule has 0 aliphatic rings. The van der Waals surface area contributed by atoms with Crippen LogP contribution in [0.4, 0.5) is 0 Å². The fourth-order valence-corrected chi connectivity index (χ4v) is 0.284. The zero-order valence-corrected chi connectivity index (χ0v) is 6.31. The molecule has 2 heteroatoms. The molecule has 2 nitrogen and oxygen atoms in total. The minimum atomic E-state index is 0.00299. The van der Waals surface area contributed by atoms with E-state index in [2.05, 4.69) is 17.1 Å². The van der Waals surface area contributed by atoms with E-state index < -0.39 is 0 Å². The Bertz CT molecular complexity index is 114. The first-order chi connectivity index (χ1) is 4.12. The van der Waals surface area contributed by atoms with E-state index in [4.69, 9.17) is 0 Å². The monoisotopic (exact) mass is 126 g/mol. The summed E-state index contributed by atoms with van der Waals surface area (Å²) in [5.41, 5.74) is 2.68. The largest absolute Gasteiger partial charge is 0.313 e. The van der Waals surface area contributed by atoms with Crippen LogP contribution < -0.4 is 5.43 Å². The van der Waals surface area contributed by atoms with Crippen LogP contribution in [0.3, 0.4) is 0 Å². The lowest BCUT2D eigenvalue weighted by molar-refractivity contribution is 0.685. The molecule has 0 unspecified atom stereocenters. The maximum absolute atomic E-state index is 3.87. The standard InChI is InChI=1S/C7H14N2/c1-5-7(2,3)6-9-8-4/h5-6,8H,1H2,2-4H3/b9-6-. The van der Waals surface area contributed by atoms with Crippen LogP contribution >= 0.6 is 0 Å². The summed E-state index contributed by atoms with van der Waals surface area (Å²) in [6.07, 6.45) is 3.67. The van der Waals surface area contributed by atoms with Crippen molar-refractivity contribution in [3.63, 3.8) is 0 Å². The Labute approximate surface area is 56.7 Å². The summed E-state index contributed by atoms with van der Waals surface area (Å²) in [7, 11) is 1.77. The summed E-state index contributed by atoms with van der Waals surface area (Å²) >= 11 is 0. The quantitative estimate of drug-likeness (QED) is 0.345. The SMILES string of the molecule is C=CC(C)(C)/C=N\NC. The molecule has 0 saturated carbocycles. The second-order valence-corrected chi connectivity index (χ2v) is 2.51. The molecule has 0 aliphatic carbocycles. The average Bonchev–Trinajstić information content (AvgIpc) is 1.84. The van der Waals surface area contributed by atoms with Crippen molar-refractivity contribution in [2.45, 2.75) is 13.8 Å². The molecule has 0 aliphatic heterocycles. The topological polar surface area (TPSA) is 24.4 Å². The second kappa shape index (κ2) is 3.28. The molecule has 0 fully saturated rings. The molecular formula is C7H14N2. The van der Waals surface area contributed by atoms with Crippen LogP contribution in [0.5, 0.6) is 0 Å². The first-order valence-electron chi connectivity index (χ1n) is 2.97. The van der Waals surface area contributed by atoms with Crippen molar-refractivity contribution in [1.29, 1.82) is 0 Å². The maximum Gasteiger partial charge on any atom is 0.0336 e. The normalized spacial score (nSPS) is 11.9. The number of rotatable bonds is 3. The predicted molar refractivity (Wildman–Crippen MR) is 41.5 cm³/mol. The van der Waals surface area contributed by atoms with E-state index in [9.17, 15) is 0 Å². The summed E-state index contributed by atoms with van der Waals surface area (Å²) in [4.78, 5) is 0. The molecule has 0 radical (unpaired) electrons. The lowest BCUT2D eigenvalue weighted by Gasteiger charge is -2.10. The third-order valence-corrected chi connectivity index (χ3v) is 1.05. The molecular weight excluding hydrogens is 112 g/mol. The van der Waals surface area contributed by atoms with E-state index in [-0.39, 0.29) is 5.41 Å². The van der Waals surface area contributed by atoms with E-state index in [0.29, 0.717) is 0 Å². The molecule has 0 aromatic rings. The molecule has 0 aromatic carbocycles. The zero-order chi connectivity index (χ0) is 7.33. The summed E-state index contributed by atoms with van der Waals surface area (Å²) in [6.45, 7) is 7.75. The van der Waals surface area contributed by atoms with Gasteiger partial charge in [0.25, 0.3) is 0 Å². The maximum atomic E-state index is 3.87. The Hall–Kier alpha value is -0.790. The van der Waals surface area contributed by atoms with Crippen LogP contribution in [-0.4, -0.2) is 13.3 Å². The Morgan fingerprint density at radius 2 is 2.11 bits per heavy atom. The van der Waals surface area contributed by atoms with Gasteiger partial charge in [-0.1, -0.05) is 19.9 Å². The highest BCUT2D eigenvalue weighted by Gasteiger charge is 2.07. The summed E-state index contributed by atoms with van der Waals surface area (Å²) < 4.78 is 0. The molecule has 52 valence electrons. The second-order valence-electron chi connectivity index (χ2n) is 2.51. The third-order valence-electron chi connectivity index (χ3n) is 1.05. The van der Waals surface area contributed by atoms with Gasteiger partial charge in [-0.25, -0.2) is 0 Å². The average molecular weight is 126 g/mol.